The summed E-state index contributed by atoms with van der Waals surface area (Å²) in [5.41, 5.74) is 3.01. The van der Waals surface area contributed by atoms with Gasteiger partial charge in [0.2, 0.25) is 0 Å². The Hall–Kier alpha value is -2.24. The first-order valence-corrected chi connectivity index (χ1v) is 8.28. The van der Waals surface area contributed by atoms with Gasteiger partial charge in [-0.25, -0.2) is 15.0 Å². The van der Waals surface area contributed by atoms with Crippen LogP contribution in [-0.2, 0) is 6.42 Å². The second-order valence-corrected chi connectivity index (χ2v) is 6.07. The highest BCUT2D eigenvalue weighted by molar-refractivity contribution is 5.43. The first-order valence-electron chi connectivity index (χ1n) is 8.28. The smallest absolute Gasteiger partial charge is 0.147 e. The van der Waals surface area contributed by atoms with Gasteiger partial charge in [-0.05, 0) is 33.1 Å². The molecule has 1 N–H and O–H groups in total. The van der Waals surface area contributed by atoms with Crippen molar-refractivity contribution in [2.24, 2.45) is 0 Å². The van der Waals surface area contributed by atoms with Crippen LogP contribution in [0.3, 0.4) is 0 Å². The Morgan fingerprint density at radius 2 is 1.96 bits per heavy atom. The van der Waals surface area contributed by atoms with E-state index in [0.29, 0.717) is 6.04 Å². The number of hydrogen-bond donors (Lipinski definition) is 1. The molecule has 1 fully saturated rings. The third-order valence-corrected chi connectivity index (χ3v) is 4.31. The Balaban J connectivity index is 1.61. The summed E-state index contributed by atoms with van der Waals surface area (Å²) in [4.78, 5) is 20.0. The zero-order valence-electron chi connectivity index (χ0n) is 14.1. The molecule has 0 radical (unpaired) electrons. The molecule has 6 heteroatoms. The van der Waals surface area contributed by atoms with Crippen LogP contribution in [0.5, 0.6) is 0 Å². The molecule has 6 nitrogen and oxygen atoms in total. The van der Waals surface area contributed by atoms with Crippen molar-refractivity contribution in [1.82, 2.24) is 19.9 Å². The van der Waals surface area contributed by atoms with Gasteiger partial charge in [-0.1, -0.05) is 6.92 Å². The number of rotatable bonds is 4. The van der Waals surface area contributed by atoms with E-state index in [1.54, 1.807) is 6.33 Å². The average molecular weight is 312 g/mol. The molecule has 0 bridgehead atoms. The minimum atomic E-state index is 0.438. The second kappa shape index (κ2) is 6.89. The van der Waals surface area contributed by atoms with Crippen molar-refractivity contribution >= 4 is 11.6 Å². The van der Waals surface area contributed by atoms with Crippen molar-refractivity contribution in [2.75, 3.05) is 23.3 Å². The lowest BCUT2D eigenvalue weighted by Crippen LogP contribution is -2.39. The fourth-order valence-electron chi connectivity index (χ4n) is 2.87. The molecule has 1 aliphatic rings. The predicted molar refractivity (Wildman–Crippen MR) is 91.8 cm³/mol. The molecule has 1 saturated heterocycles. The number of nitrogens with one attached hydrogen (secondary N) is 1. The largest absolute Gasteiger partial charge is 0.366 e. The van der Waals surface area contributed by atoms with Crippen LogP contribution in [0.1, 0.15) is 36.8 Å². The zero-order valence-corrected chi connectivity index (χ0v) is 14.1. The number of aryl methyl sites for hydroxylation is 3. The van der Waals surface area contributed by atoms with Crippen molar-refractivity contribution in [3.63, 3.8) is 0 Å². The van der Waals surface area contributed by atoms with Crippen molar-refractivity contribution in [2.45, 2.75) is 46.1 Å². The molecular weight excluding hydrogens is 288 g/mol. The molecule has 3 heterocycles. The van der Waals surface area contributed by atoms with Gasteiger partial charge in [0.15, 0.2) is 0 Å². The molecule has 0 saturated carbocycles. The number of piperidine rings is 1. The molecule has 122 valence electrons. The summed E-state index contributed by atoms with van der Waals surface area (Å²) < 4.78 is 0. The topological polar surface area (TPSA) is 66.8 Å². The molecule has 0 aromatic carbocycles. The molecule has 2 aromatic heterocycles. The molecule has 0 unspecified atom stereocenters. The summed E-state index contributed by atoms with van der Waals surface area (Å²) in [7, 11) is 0. The number of aromatic nitrogens is 4. The minimum Gasteiger partial charge on any atom is -0.366 e. The number of anilines is 2. The van der Waals surface area contributed by atoms with Crippen LogP contribution in [0.15, 0.2) is 18.6 Å². The SMILES string of the molecule is CCc1cc(N2CCC(Nc3nc(C)cnc3C)CC2)ncn1. The Morgan fingerprint density at radius 3 is 2.70 bits per heavy atom. The highest BCUT2D eigenvalue weighted by Gasteiger charge is 2.21. The van der Waals surface area contributed by atoms with Crippen molar-refractivity contribution in [1.29, 1.82) is 0 Å². The second-order valence-electron chi connectivity index (χ2n) is 6.07. The van der Waals surface area contributed by atoms with E-state index >= 15 is 0 Å². The van der Waals surface area contributed by atoms with Crippen molar-refractivity contribution < 1.29 is 0 Å². The fourth-order valence-corrected chi connectivity index (χ4v) is 2.87. The monoisotopic (exact) mass is 312 g/mol. The number of hydrogen-bond acceptors (Lipinski definition) is 6. The Labute approximate surface area is 137 Å². The standard InChI is InChI=1S/C17H24N6/c1-4-14-9-16(20-11-19-14)23-7-5-15(6-8-23)22-17-13(3)18-10-12(2)21-17/h9-11,15H,4-8H2,1-3H3,(H,21,22). The van der Waals surface area contributed by atoms with E-state index in [4.69, 9.17) is 0 Å². The fraction of sp³-hybridized carbons (Fsp3) is 0.529. The first-order chi connectivity index (χ1) is 11.2. The van der Waals surface area contributed by atoms with Crippen LogP contribution in [0.25, 0.3) is 0 Å². The van der Waals surface area contributed by atoms with E-state index < -0.39 is 0 Å². The summed E-state index contributed by atoms with van der Waals surface area (Å²) >= 11 is 0. The maximum atomic E-state index is 4.56. The lowest BCUT2D eigenvalue weighted by Gasteiger charge is -2.33. The van der Waals surface area contributed by atoms with Gasteiger partial charge in [-0.3, -0.25) is 4.98 Å². The maximum absolute atomic E-state index is 4.56. The molecule has 0 spiro atoms. The highest BCUT2D eigenvalue weighted by Crippen LogP contribution is 2.21. The Bertz CT molecular complexity index is 664. The van der Waals surface area contributed by atoms with Gasteiger partial charge in [0.25, 0.3) is 0 Å². The Morgan fingerprint density at radius 1 is 1.17 bits per heavy atom. The molecule has 2 aromatic rings. The van der Waals surface area contributed by atoms with Gasteiger partial charge in [-0.2, -0.15) is 0 Å². The van der Waals surface area contributed by atoms with Crippen LogP contribution < -0.4 is 10.2 Å². The van der Waals surface area contributed by atoms with E-state index in [9.17, 15) is 0 Å². The molecule has 1 aliphatic heterocycles. The van der Waals surface area contributed by atoms with Gasteiger partial charge in [0.1, 0.15) is 18.0 Å². The van der Waals surface area contributed by atoms with Crippen LogP contribution >= 0.6 is 0 Å². The highest BCUT2D eigenvalue weighted by atomic mass is 15.2. The van der Waals surface area contributed by atoms with Crippen LogP contribution in [0, 0.1) is 13.8 Å². The van der Waals surface area contributed by atoms with Gasteiger partial charge in [0.05, 0.1) is 11.4 Å². The summed E-state index contributed by atoms with van der Waals surface area (Å²) in [5, 5.41) is 3.55. The lowest BCUT2D eigenvalue weighted by molar-refractivity contribution is 0.521. The summed E-state index contributed by atoms with van der Waals surface area (Å²) in [6.07, 6.45) is 6.56. The predicted octanol–water partition coefficient (Wildman–Crippen LogP) is 2.53. The quantitative estimate of drug-likeness (QED) is 0.936. The van der Waals surface area contributed by atoms with Crippen LogP contribution in [0.4, 0.5) is 11.6 Å². The van der Waals surface area contributed by atoms with Crippen LogP contribution in [0.2, 0.25) is 0 Å². The normalized spacial score (nSPS) is 15.7. The van der Waals surface area contributed by atoms with Gasteiger partial charge < -0.3 is 10.2 Å². The van der Waals surface area contributed by atoms with E-state index in [1.807, 2.05) is 20.0 Å². The van der Waals surface area contributed by atoms with E-state index in [1.165, 1.54) is 0 Å². The van der Waals surface area contributed by atoms with Crippen LogP contribution in [-0.4, -0.2) is 39.1 Å². The van der Waals surface area contributed by atoms with E-state index in [0.717, 1.165) is 61.1 Å². The number of nitrogens with zero attached hydrogens (tertiary/aromatic N) is 5. The third-order valence-electron chi connectivity index (χ3n) is 4.31. The van der Waals surface area contributed by atoms with Crippen molar-refractivity contribution in [3.8, 4) is 0 Å². The summed E-state index contributed by atoms with van der Waals surface area (Å²) in [6.45, 7) is 8.08. The molecule has 0 amide bonds. The van der Waals surface area contributed by atoms with E-state index in [-0.39, 0.29) is 0 Å². The third kappa shape index (κ3) is 3.75. The Kier molecular flexibility index (Phi) is 4.69. The molecule has 0 atom stereocenters. The average Bonchev–Trinajstić information content (AvgIpc) is 2.59. The zero-order chi connectivity index (χ0) is 16.2. The molecule has 23 heavy (non-hydrogen) atoms. The maximum Gasteiger partial charge on any atom is 0.147 e. The van der Waals surface area contributed by atoms with E-state index in [2.05, 4.69) is 43.1 Å². The molecule has 0 aliphatic carbocycles. The van der Waals surface area contributed by atoms with Gasteiger partial charge in [0, 0.05) is 37.1 Å². The minimum absolute atomic E-state index is 0.438. The van der Waals surface area contributed by atoms with Gasteiger partial charge >= 0.3 is 0 Å². The summed E-state index contributed by atoms with van der Waals surface area (Å²) in [5.74, 6) is 1.96. The summed E-state index contributed by atoms with van der Waals surface area (Å²) in [6, 6.07) is 2.54. The molecule has 3 rings (SSSR count). The molecular formula is C17H24N6. The first kappa shape index (κ1) is 15.6. The van der Waals surface area contributed by atoms with Gasteiger partial charge in [-0.15, -0.1) is 0 Å². The van der Waals surface area contributed by atoms with Crippen molar-refractivity contribution in [3.05, 3.63) is 35.7 Å². The lowest BCUT2D eigenvalue weighted by atomic mass is 10.0.